The topological polar surface area (TPSA) is 29.5 Å². The van der Waals surface area contributed by atoms with E-state index in [9.17, 15) is 0 Å². The van der Waals surface area contributed by atoms with Crippen molar-refractivity contribution in [3.63, 3.8) is 0 Å². The molecule has 0 atom stereocenters. The van der Waals surface area contributed by atoms with Gasteiger partial charge < -0.3 is 9.84 Å². The van der Waals surface area contributed by atoms with Crippen LogP contribution < -0.4 is 4.74 Å². The number of hydrogen-bond acceptors (Lipinski definition) is 2. The average Bonchev–Trinajstić information content (AvgIpc) is 2.72. The third-order valence-electron chi connectivity index (χ3n) is 5.50. The van der Waals surface area contributed by atoms with Crippen LogP contribution >= 0.6 is 0 Å². The summed E-state index contributed by atoms with van der Waals surface area (Å²) in [4.78, 5) is 0. The van der Waals surface area contributed by atoms with E-state index in [0.717, 1.165) is 44.0 Å². The van der Waals surface area contributed by atoms with Gasteiger partial charge in [-0.1, -0.05) is 62.1 Å². The van der Waals surface area contributed by atoms with Gasteiger partial charge in [0.2, 0.25) is 0 Å². The van der Waals surface area contributed by atoms with E-state index in [4.69, 9.17) is 9.84 Å². The number of hydrogen-bond donors (Lipinski definition) is 1. The van der Waals surface area contributed by atoms with Crippen LogP contribution in [0.5, 0.6) is 5.75 Å². The number of ether oxygens (including phenoxy) is 1. The molecule has 2 aromatic rings. The summed E-state index contributed by atoms with van der Waals surface area (Å²) in [5.74, 6) is 1.71. The van der Waals surface area contributed by atoms with Crippen LogP contribution in [-0.4, -0.2) is 18.3 Å². The molecule has 1 aliphatic carbocycles. The molecule has 0 radical (unpaired) electrons. The fraction of sp³-hybridized carbons (Fsp3) is 0.500. The van der Waals surface area contributed by atoms with Gasteiger partial charge in [-0.25, -0.2) is 0 Å². The zero-order valence-electron chi connectivity index (χ0n) is 15.8. The Kier molecular flexibility index (Phi) is 7.57. The molecule has 0 unspecified atom stereocenters. The van der Waals surface area contributed by atoms with Gasteiger partial charge in [-0.3, -0.25) is 0 Å². The predicted octanol–water partition coefficient (Wildman–Crippen LogP) is 6.33. The lowest BCUT2D eigenvalue weighted by molar-refractivity contribution is 0.273. The zero-order chi connectivity index (χ0) is 18.0. The maximum absolute atomic E-state index is 8.77. The maximum atomic E-state index is 8.77. The number of aliphatic hydroxyl groups excluding tert-OH is 1. The van der Waals surface area contributed by atoms with Crippen LogP contribution in [0.15, 0.2) is 48.5 Å². The Hall–Kier alpha value is -1.80. The molecule has 3 rings (SSSR count). The van der Waals surface area contributed by atoms with E-state index in [1.165, 1.54) is 48.8 Å². The van der Waals surface area contributed by atoms with E-state index >= 15 is 0 Å². The SMILES string of the molecule is OCCCCCCOc1ccc(-c2ccc(C3CCCCC3)cc2)cc1. The first-order chi connectivity index (χ1) is 12.9. The molecule has 0 bridgehead atoms. The lowest BCUT2D eigenvalue weighted by Crippen LogP contribution is -2.04. The molecule has 2 aromatic carbocycles. The highest BCUT2D eigenvalue weighted by atomic mass is 16.5. The van der Waals surface area contributed by atoms with Crippen molar-refractivity contribution in [2.45, 2.75) is 63.7 Å². The van der Waals surface area contributed by atoms with E-state index in [2.05, 4.69) is 48.5 Å². The minimum Gasteiger partial charge on any atom is -0.494 e. The number of benzene rings is 2. The summed E-state index contributed by atoms with van der Waals surface area (Å²) in [5, 5.41) is 8.77. The first kappa shape index (κ1) is 19.0. The zero-order valence-corrected chi connectivity index (χ0v) is 15.8. The van der Waals surface area contributed by atoms with Crippen molar-refractivity contribution in [2.75, 3.05) is 13.2 Å². The second-order valence-corrected chi connectivity index (χ2v) is 7.47. The molecule has 0 heterocycles. The monoisotopic (exact) mass is 352 g/mol. The largest absolute Gasteiger partial charge is 0.494 e. The quantitative estimate of drug-likeness (QED) is 0.534. The van der Waals surface area contributed by atoms with Crippen LogP contribution in [-0.2, 0) is 0 Å². The average molecular weight is 353 g/mol. The third kappa shape index (κ3) is 5.60. The first-order valence-corrected chi connectivity index (χ1v) is 10.3. The molecule has 1 N–H and O–H groups in total. The summed E-state index contributed by atoms with van der Waals surface area (Å²) in [6.07, 6.45) is 11.0. The number of rotatable bonds is 9. The Bertz CT molecular complexity index is 624. The summed E-state index contributed by atoms with van der Waals surface area (Å²) in [6.45, 7) is 1.05. The van der Waals surface area contributed by atoms with Gasteiger partial charge in [0.25, 0.3) is 0 Å². The van der Waals surface area contributed by atoms with Gasteiger partial charge in [0, 0.05) is 6.61 Å². The van der Waals surface area contributed by atoms with E-state index < -0.39 is 0 Å². The molecule has 0 aromatic heterocycles. The van der Waals surface area contributed by atoms with Crippen LogP contribution in [0.25, 0.3) is 11.1 Å². The minimum atomic E-state index is 0.296. The number of unbranched alkanes of at least 4 members (excludes halogenated alkanes) is 3. The Labute approximate surface area is 158 Å². The Morgan fingerprint density at radius 2 is 1.35 bits per heavy atom. The van der Waals surface area contributed by atoms with Gasteiger partial charge in [0.05, 0.1) is 6.61 Å². The summed E-state index contributed by atoms with van der Waals surface area (Å²) >= 11 is 0. The van der Waals surface area contributed by atoms with Crippen LogP contribution in [0.2, 0.25) is 0 Å². The molecule has 26 heavy (non-hydrogen) atoms. The van der Waals surface area contributed by atoms with Gasteiger partial charge in [0.15, 0.2) is 0 Å². The van der Waals surface area contributed by atoms with Crippen molar-refractivity contribution in [3.8, 4) is 16.9 Å². The molecular formula is C24H32O2. The van der Waals surface area contributed by atoms with Crippen molar-refractivity contribution in [1.82, 2.24) is 0 Å². The molecule has 2 nitrogen and oxygen atoms in total. The third-order valence-corrected chi connectivity index (χ3v) is 5.50. The summed E-state index contributed by atoms with van der Waals surface area (Å²) < 4.78 is 5.81. The second-order valence-electron chi connectivity index (χ2n) is 7.47. The van der Waals surface area contributed by atoms with Crippen LogP contribution in [0.4, 0.5) is 0 Å². The molecule has 140 valence electrons. The molecule has 0 amide bonds. The smallest absolute Gasteiger partial charge is 0.119 e. The fourth-order valence-electron chi connectivity index (χ4n) is 3.88. The van der Waals surface area contributed by atoms with E-state index in [1.54, 1.807) is 0 Å². The normalized spacial score (nSPS) is 15.1. The Morgan fingerprint density at radius 1 is 0.731 bits per heavy atom. The van der Waals surface area contributed by atoms with Crippen LogP contribution in [0, 0.1) is 0 Å². The van der Waals surface area contributed by atoms with E-state index in [1.807, 2.05) is 0 Å². The van der Waals surface area contributed by atoms with Gasteiger partial charge in [-0.2, -0.15) is 0 Å². The van der Waals surface area contributed by atoms with Crippen LogP contribution in [0.1, 0.15) is 69.3 Å². The lowest BCUT2D eigenvalue weighted by atomic mass is 9.84. The van der Waals surface area contributed by atoms with Crippen molar-refractivity contribution in [3.05, 3.63) is 54.1 Å². The molecule has 1 fully saturated rings. The van der Waals surface area contributed by atoms with E-state index in [0.29, 0.717) is 6.61 Å². The second kappa shape index (κ2) is 10.4. The van der Waals surface area contributed by atoms with Crippen molar-refractivity contribution in [2.24, 2.45) is 0 Å². The summed E-state index contributed by atoms with van der Waals surface area (Å²) in [6, 6.07) is 17.6. The van der Waals surface area contributed by atoms with Crippen molar-refractivity contribution in [1.29, 1.82) is 0 Å². The molecule has 0 saturated heterocycles. The lowest BCUT2D eigenvalue weighted by Gasteiger charge is -2.22. The highest BCUT2D eigenvalue weighted by molar-refractivity contribution is 5.64. The van der Waals surface area contributed by atoms with Gasteiger partial charge in [0.1, 0.15) is 5.75 Å². The molecule has 1 aliphatic rings. The van der Waals surface area contributed by atoms with Gasteiger partial charge in [-0.05, 0) is 66.8 Å². The highest BCUT2D eigenvalue weighted by Gasteiger charge is 2.15. The summed E-state index contributed by atoms with van der Waals surface area (Å²) in [7, 11) is 0. The molecule has 2 heteroatoms. The molecule has 0 aliphatic heterocycles. The van der Waals surface area contributed by atoms with Crippen molar-refractivity contribution >= 4 is 0 Å². The van der Waals surface area contributed by atoms with E-state index in [-0.39, 0.29) is 0 Å². The fourth-order valence-corrected chi connectivity index (χ4v) is 3.88. The minimum absolute atomic E-state index is 0.296. The van der Waals surface area contributed by atoms with Crippen LogP contribution in [0.3, 0.4) is 0 Å². The predicted molar refractivity (Wildman–Crippen MR) is 109 cm³/mol. The van der Waals surface area contributed by atoms with Crippen molar-refractivity contribution < 1.29 is 9.84 Å². The molecular weight excluding hydrogens is 320 g/mol. The molecule has 1 saturated carbocycles. The Balaban J connectivity index is 1.50. The molecule has 0 spiro atoms. The first-order valence-electron chi connectivity index (χ1n) is 10.3. The number of aliphatic hydroxyl groups is 1. The van der Waals surface area contributed by atoms with Gasteiger partial charge in [-0.15, -0.1) is 0 Å². The highest BCUT2D eigenvalue weighted by Crippen LogP contribution is 2.33. The Morgan fingerprint density at radius 3 is 2.00 bits per heavy atom. The van der Waals surface area contributed by atoms with Gasteiger partial charge >= 0.3 is 0 Å². The standard InChI is InChI=1S/C24H32O2/c25-18-6-1-2-7-19-26-24-16-14-23(15-17-24)22-12-10-21(11-13-22)20-8-4-3-5-9-20/h10-17,20,25H,1-9,18-19H2. The summed E-state index contributed by atoms with van der Waals surface area (Å²) in [5.41, 5.74) is 4.03. The maximum Gasteiger partial charge on any atom is 0.119 e.